The van der Waals surface area contributed by atoms with Gasteiger partial charge in [-0.1, -0.05) is 12.1 Å². The van der Waals surface area contributed by atoms with Gasteiger partial charge in [-0.3, -0.25) is 9.79 Å². The van der Waals surface area contributed by atoms with E-state index in [4.69, 9.17) is 0 Å². The predicted octanol–water partition coefficient (Wildman–Crippen LogP) is 1.04. The van der Waals surface area contributed by atoms with Crippen LogP contribution < -0.4 is 10.6 Å². The summed E-state index contributed by atoms with van der Waals surface area (Å²) in [6.07, 6.45) is 0. The van der Waals surface area contributed by atoms with Gasteiger partial charge >= 0.3 is 0 Å². The van der Waals surface area contributed by atoms with Crippen molar-refractivity contribution in [3.8, 4) is 0 Å². The molecule has 0 unspecified atom stereocenters. The molecule has 1 aromatic rings. The van der Waals surface area contributed by atoms with Crippen LogP contribution in [0, 0.1) is 0 Å². The molecule has 96 valence electrons. The molecule has 0 bridgehead atoms. The van der Waals surface area contributed by atoms with Gasteiger partial charge in [-0.2, -0.15) is 0 Å². The molecule has 1 heterocycles. The second kappa shape index (κ2) is 5.53. The van der Waals surface area contributed by atoms with Gasteiger partial charge < -0.3 is 15.5 Å². The molecule has 1 aromatic carbocycles. The first-order chi connectivity index (χ1) is 8.65. The summed E-state index contributed by atoms with van der Waals surface area (Å²) in [5.41, 5.74) is 1.94. The lowest BCUT2D eigenvalue weighted by Gasteiger charge is -2.15. The van der Waals surface area contributed by atoms with Gasteiger partial charge in [0.2, 0.25) is 5.91 Å². The Hall–Kier alpha value is -2.04. The topological polar surface area (TPSA) is 56.7 Å². The van der Waals surface area contributed by atoms with Crippen LogP contribution in [-0.2, 0) is 11.3 Å². The Morgan fingerprint density at radius 2 is 2.33 bits per heavy atom. The van der Waals surface area contributed by atoms with E-state index in [-0.39, 0.29) is 5.91 Å². The number of nitrogens with one attached hydrogen (secondary N) is 2. The van der Waals surface area contributed by atoms with Crippen molar-refractivity contribution in [1.82, 2.24) is 10.2 Å². The van der Waals surface area contributed by atoms with Gasteiger partial charge in [0.25, 0.3) is 0 Å². The zero-order valence-corrected chi connectivity index (χ0v) is 10.7. The van der Waals surface area contributed by atoms with Crippen LogP contribution in [0.5, 0.6) is 0 Å². The summed E-state index contributed by atoms with van der Waals surface area (Å²) in [6.45, 7) is 4.03. The Labute approximate surface area is 107 Å². The summed E-state index contributed by atoms with van der Waals surface area (Å²) >= 11 is 0. The number of anilines is 1. The van der Waals surface area contributed by atoms with Gasteiger partial charge in [0.05, 0.1) is 6.54 Å². The third kappa shape index (κ3) is 3.23. The van der Waals surface area contributed by atoms with Gasteiger partial charge in [-0.15, -0.1) is 0 Å². The number of likely N-dealkylation sites (N-methyl/N-ethyl adjacent to an activating group) is 1. The van der Waals surface area contributed by atoms with Crippen LogP contribution in [0.3, 0.4) is 0 Å². The molecule has 0 aliphatic carbocycles. The van der Waals surface area contributed by atoms with E-state index in [1.54, 1.807) is 0 Å². The number of hydrogen-bond donors (Lipinski definition) is 2. The molecule has 0 radical (unpaired) electrons. The van der Waals surface area contributed by atoms with E-state index >= 15 is 0 Å². The fourth-order valence-electron chi connectivity index (χ4n) is 1.87. The lowest BCUT2D eigenvalue weighted by Crippen LogP contribution is -2.35. The van der Waals surface area contributed by atoms with Crippen molar-refractivity contribution in [3.63, 3.8) is 0 Å². The Bertz CT molecular complexity index is 470. The second-order valence-corrected chi connectivity index (χ2v) is 4.36. The van der Waals surface area contributed by atoms with Crippen LogP contribution in [0.25, 0.3) is 0 Å². The summed E-state index contributed by atoms with van der Waals surface area (Å²) in [7, 11) is 2.02. The quantitative estimate of drug-likeness (QED) is 0.837. The highest BCUT2D eigenvalue weighted by molar-refractivity contribution is 5.88. The Kier molecular flexibility index (Phi) is 3.82. The van der Waals surface area contributed by atoms with Crippen molar-refractivity contribution in [2.45, 2.75) is 13.5 Å². The Morgan fingerprint density at radius 3 is 3.00 bits per heavy atom. The molecule has 1 amide bonds. The van der Waals surface area contributed by atoms with Gasteiger partial charge in [-0.05, 0) is 17.7 Å². The van der Waals surface area contributed by atoms with Crippen molar-refractivity contribution >= 4 is 17.6 Å². The van der Waals surface area contributed by atoms with Crippen molar-refractivity contribution < 1.29 is 4.79 Å². The number of carbonyl (C=O) groups excluding carboxylic acids is 1. The number of guanidine groups is 1. The van der Waals surface area contributed by atoms with E-state index in [1.165, 1.54) is 6.92 Å². The minimum absolute atomic E-state index is 0.0555. The largest absolute Gasteiger partial charge is 0.352 e. The summed E-state index contributed by atoms with van der Waals surface area (Å²) in [5, 5.41) is 6.07. The van der Waals surface area contributed by atoms with E-state index < -0.39 is 0 Å². The van der Waals surface area contributed by atoms with Crippen molar-refractivity contribution in [2.75, 3.05) is 25.5 Å². The van der Waals surface area contributed by atoms with Crippen LogP contribution in [-0.4, -0.2) is 36.9 Å². The highest BCUT2D eigenvalue weighted by Gasteiger charge is 2.11. The molecule has 0 fully saturated rings. The molecule has 0 saturated carbocycles. The molecule has 5 nitrogen and oxygen atoms in total. The highest BCUT2D eigenvalue weighted by atomic mass is 16.1. The van der Waals surface area contributed by atoms with E-state index in [9.17, 15) is 4.79 Å². The van der Waals surface area contributed by atoms with Crippen LogP contribution in [0.1, 0.15) is 12.5 Å². The number of rotatable bonds is 3. The monoisotopic (exact) mass is 246 g/mol. The zero-order chi connectivity index (χ0) is 13.0. The first-order valence-electron chi connectivity index (χ1n) is 6.01. The number of carbonyl (C=O) groups is 1. The van der Waals surface area contributed by atoms with Crippen LogP contribution >= 0.6 is 0 Å². The molecule has 2 rings (SSSR count). The predicted molar refractivity (Wildman–Crippen MR) is 72.5 cm³/mol. The molecule has 5 heteroatoms. The third-order valence-corrected chi connectivity index (χ3v) is 2.76. The van der Waals surface area contributed by atoms with Crippen molar-refractivity contribution in [1.29, 1.82) is 0 Å². The van der Waals surface area contributed by atoms with Gasteiger partial charge in [0, 0.05) is 32.7 Å². The zero-order valence-electron chi connectivity index (χ0n) is 10.7. The summed E-state index contributed by atoms with van der Waals surface area (Å²) in [4.78, 5) is 17.4. The first-order valence-corrected chi connectivity index (χ1v) is 6.01. The smallest absolute Gasteiger partial charge is 0.221 e. The number of amides is 1. The summed E-state index contributed by atoms with van der Waals surface area (Å²) < 4.78 is 0. The van der Waals surface area contributed by atoms with E-state index in [2.05, 4.69) is 20.5 Å². The second-order valence-electron chi connectivity index (χ2n) is 4.36. The maximum atomic E-state index is 11.0. The number of hydrogen-bond acceptors (Lipinski definition) is 4. The molecule has 1 aliphatic rings. The average molecular weight is 246 g/mol. The molecule has 0 aromatic heterocycles. The molecule has 0 atom stereocenters. The standard InChI is InChI=1S/C13H18N4O/c1-10(18)16-12-5-3-4-11(8-12)9-15-13-14-6-7-17(13)2/h3-5,8H,6-7,9H2,1-2H3,(H,14,15)(H,16,18). The molecule has 1 aliphatic heterocycles. The SMILES string of the molecule is CC(=O)Nc1cccc(CNC2=NCCN2C)c1. The van der Waals surface area contributed by atoms with Gasteiger partial charge in [-0.25, -0.2) is 0 Å². The lowest BCUT2D eigenvalue weighted by molar-refractivity contribution is -0.114. The molecule has 0 spiro atoms. The van der Waals surface area contributed by atoms with Crippen LogP contribution in [0.2, 0.25) is 0 Å². The molecule has 2 N–H and O–H groups in total. The first kappa shape index (κ1) is 12.4. The van der Waals surface area contributed by atoms with Crippen molar-refractivity contribution in [3.05, 3.63) is 29.8 Å². The van der Waals surface area contributed by atoms with Gasteiger partial charge in [0.15, 0.2) is 5.96 Å². The van der Waals surface area contributed by atoms with E-state index in [1.807, 2.05) is 31.3 Å². The lowest BCUT2D eigenvalue weighted by atomic mass is 10.2. The molecular weight excluding hydrogens is 228 g/mol. The number of nitrogens with zero attached hydrogens (tertiary/aromatic N) is 2. The normalized spacial score (nSPS) is 14.3. The fraction of sp³-hybridized carbons (Fsp3) is 0.385. The van der Waals surface area contributed by atoms with E-state index in [0.717, 1.165) is 30.3 Å². The summed E-state index contributed by atoms with van der Waals surface area (Å²) in [6, 6.07) is 7.80. The minimum atomic E-state index is -0.0555. The number of benzene rings is 1. The Balaban J connectivity index is 1.95. The van der Waals surface area contributed by atoms with Crippen molar-refractivity contribution in [2.24, 2.45) is 4.99 Å². The molecule has 18 heavy (non-hydrogen) atoms. The Morgan fingerprint density at radius 1 is 1.50 bits per heavy atom. The highest BCUT2D eigenvalue weighted by Crippen LogP contribution is 2.10. The molecule has 0 saturated heterocycles. The fourth-order valence-corrected chi connectivity index (χ4v) is 1.87. The molecular formula is C13H18N4O. The average Bonchev–Trinajstić information content (AvgIpc) is 2.72. The van der Waals surface area contributed by atoms with Gasteiger partial charge in [0.1, 0.15) is 0 Å². The number of aliphatic imine (C=N–C) groups is 1. The summed E-state index contributed by atoms with van der Waals surface area (Å²) in [5.74, 6) is 0.875. The third-order valence-electron chi connectivity index (χ3n) is 2.76. The minimum Gasteiger partial charge on any atom is -0.352 e. The van der Waals surface area contributed by atoms with Crippen LogP contribution in [0.4, 0.5) is 5.69 Å². The maximum Gasteiger partial charge on any atom is 0.221 e. The van der Waals surface area contributed by atoms with E-state index in [0.29, 0.717) is 6.54 Å². The maximum absolute atomic E-state index is 11.0. The van der Waals surface area contributed by atoms with Crippen LogP contribution in [0.15, 0.2) is 29.3 Å².